The van der Waals surface area contributed by atoms with E-state index in [4.69, 9.17) is 0 Å². The minimum Gasteiger partial charge on any atom is -0.544 e. The zero-order chi connectivity index (χ0) is 19.8. The van der Waals surface area contributed by atoms with Gasteiger partial charge in [-0.1, -0.05) is 97.3 Å². The van der Waals surface area contributed by atoms with Crippen LogP contribution in [0.3, 0.4) is 0 Å². The minimum absolute atomic E-state index is 0.229. The highest BCUT2D eigenvalue weighted by atomic mass is 16.4. The molecule has 0 aromatic heterocycles. The lowest BCUT2D eigenvalue weighted by molar-refractivity contribution is -0.893. The average molecular weight is 370 g/mol. The summed E-state index contributed by atoms with van der Waals surface area (Å²) in [7, 11) is 5.90. The number of likely N-dealkylation sites (N-methyl/N-ethyl adjacent to an activating group) is 1. The Morgan fingerprint density at radius 1 is 0.731 bits per heavy atom. The summed E-state index contributed by atoms with van der Waals surface area (Å²) in [4.78, 5) is 11.6. The van der Waals surface area contributed by atoms with Crippen molar-refractivity contribution in [1.82, 2.24) is 0 Å². The maximum Gasteiger partial charge on any atom is 0.131 e. The number of hydrogen-bond acceptors (Lipinski definition) is 2. The van der Waals surface area contributed by atoms with E-state index in [-0.39, 0.29) is 5.92 Å². The van der Waals surface area contributed by atoms with E-state index >= 15 is 0 Å². The third-order valence-electron chi connectivity index (χ3n) is 5.73. The van der Waals surface area contributed by atoms with E-state index < -0.39 is 12.0 Å². The van der Waals surface area contributed by atoms with Crippen LogP contribution in [0.5, 0.6) is 0 Å². The first-order chi connectivity index (χ1) is 12.3. The van der Waals surface area contributed by atoms with E-state index in [9.17, 15) is 9.90 Å². The first-order valence-electron chi connectivity index (χ1n) is 11.4. The molecule has 0 aliphatic rings. The van der Waals surface area contributed by atoms with Gasteiger partial charge in [-0.3, -0.25) is 0 Å². The van der Waals surface area contributed by atoms with Gasteiger partial charge in [0.2, 0.25) is 0 Å². The fraction of sp³-hybridized carbons (Fsp3) is 0.957. The first kappa shape index (κ1) is 25.4. The topological polar surface area (TPSA) is 40.1 Å². The number of rotatable bonds is 18. The molecule has 0 aromatic carbocycles. The Kier molecular flexibility index (Phi) is 15.1. The molecule has 26 heavy (non-hydrogen) atoms. The first-order valence-corrected chi connectivity index (χ1v) is 11.4. The quantitative estimate of drug-likeness (QED) is 0.242. The molecule has 0 aliphatic carbocycles. The second-order valence-electron chi connectivity index (χ2n) is 9.08. The maximum atomic E-state index is 11.6. The van der Waals surface area contributed by atoms with E-state index in [0.717, 1.165) is 19.3 Å². The molecule has 0 radical (unpaired) electrons. The van der Waals surface area contributed by atoms with Crippen molar-refractivity contribution in [2.75, 3.05) is 21.1 Å². The van der Waals surface area contributed by atoms with E-state index in [1.807, 2.05) is 21.1 Å². The number of aliphatic carboxylic acids is 1. The predicted molar refractivity (Wildman–Crippen MR) is 111 cm³/mol. The number of carbonyl (C=O) groups is 1. The van der Waals surface area contributed by atoms with Crippen LogP contribution in [0.15, 0.2) is 0 Å². The number of unbranched alkanes of at least 4 members (excludes halogenated alkanes) is 12. The summed E-state index contributed by atoms with van der Waals surface area (Å²) in [6, 6.07) is -0.391. The van der Waals surface area contributed by atoms with Crippen LogP contribution in [-0.2, 0) is 4.79 Å². The predicted octanol–water partition coefficient (Wildman–Crippen LogP) is 5.32. The third kappa shape index (κ3) is 12.7. The molecule has 0 amide bonds. The second-order valence-corrected chi connectivity index (χ2v) is 9.08. The molecule has 156 valence electrons. The van der Waals surface area contributed by atoms with Crippen LogP contribution < -0.4 is 5.11 Å². The van der Waals surface area contributed by atoms with Crippen molar-refractivity contribution < 1.29 is 14.4 Å². The van der Waals surface area contributed by atoms with Gasteiger partial charge in [-0.2, -0.15) is 0 Å². The van der Waals surface area contributed by atoms with Crippen molar-refractivity contribution in [3.8, 4) is 0 Å². The van der Waals surface area contributed by atoms with Gasteiger partial charge < -0.3 is 14.4 Å². The van der Waals surface area contributed by atoms with Crippen molar-refractivity contribution in [2.45, 2.75) is 116 Å². The lowest BCUT2D eigenvalue weighted by Crippen LogP contribution is -2.58. The van der Waals surface area contributed by atoms with Crippen molar-refractivity contribution in [3.63, 3.8) is 0 Å². The molecular formula is C23H47NO2. The summed E-state index contributed by atoms with van der Waals surface area (Å²) in [5, 5.41) is 11.6. The average Bonchev–Trinajstić information content (AvgIpc) is 2.56. The molecule has 2 unspecified atom stereocenters. The van der Waals surface area contributed by atoms with Gasteiger partial charge in [-0.15, -0.1) is 0 Å². The Hall–Kier alpha value is -0.570. The molecule has 0 N–H and O–H groups in total. The molecule has 0 rings (SSSR count). The Morgan fingerprint density at radius 3 is 1.42 bits per heavy atom. The van der Waals surface area contributed by atoms with Crippen molar-refractivity contribution in [1.29, 1.82) is 0 Å². The van der Waals surface area contributed by atoms with Crippen LogP contribution in [0.4, 0.5) is 0 Å². The largest absolute Gasteiger partial charge is 0.544 e. The van der Waals surface area contributed by atoms with Gasteiger partial charge in [0, 0.05) is 5.92 Å². The number of carbonyl (C=O) groups excluding carboxylic acids is 1. The summed E-state index contributed by atoms with van der Waals surface area (Å²) >= 11 is 0. The number of carboxylic acids is 1. The van der Waals surface area contributed by atoms with Gasteiger partial charge in [0.15, 0.2) is 0 Å². The van der Waals surface area contributed by atoms with E-state index in [1.54, 1.807) is 0 Å². The molecule has 0 spiro atoms. The van der Waals surface area contributed by atoms with Crippen molar-refractivity contribution in [2.24, 2.45) is 5.92 Å². The summed E-state index contributed by atoms with van der Waals surface area (Å²) in [5.74, 6) is -0.660. The van der Waals surface area contributed by atoms with E-state index in [0.29, 0.717) is 4.48 Å². The Bertz CT molecular complexity index is 336. The molecule has 0 saturated heterocycles. The van der Waals surface area contributed by atoms with Crippen molar-refractivity contribution in [3.05, 3.63) is 0 Å². The summed E-state index contributed by atoms with van der Waals surface area (Å²) < 4.78 is 0.458. The van der Waals surface area contributed by atoms with E-state index in [2.05, 4.69) is 13.8 Å². The van der Waals surface area contributed by atoms with Crippen LogP contribution in [0.1, 0.15) is 110 Å². The molecule has 0 bridgehead atoms. The molecular weight excluding hydrogens is 322 g/mol. The summed E-state index contributed by atoms with van der Waals surface area (Å²) in [6.45, 7) is 4.38. The van der Waals surface area contributed by atoms with Crippen LogP contribution >= 0.6 is 0 Å². The Labute approximate surface area is 164 Å². The summed E-state index contributed by atoms with van der Waals surface area (Å²) in [5.41, 5.74) is 0. The van der Waals surface area contributed by atoms with Crippen LogP contribution in [0.2, 0.25) is 0 Å². The fourth-order valence-electron chi connectivity index (χ4n) is 4.15. The Morgan fingerprint density at radius 2 is 1.12 bits per heavy atom. The van der Waals surface area contributed by atoms with Crippen LogP contribution in [-0.4, -0.2) is 37.6 Å². The van der Waals surface area contributed by atoms with Gasteiger partial charge in [0.25, 0.3) is 0 Å². The van der Waals surface area contributed by atoms with Crippen LogP contribution in [0, 0.1) is 5.92 Å². The monoisotopic (exact) mass is 369 g/mol. The highest BCUT2D eigenvalue weighted by Gasteiger charge is 2.32. The summed E-state index contributed by atoms with van der Waals surface area (Å²) in [6.07, 6.45) is 19.5. The molecule has 0 saturated carbocycles. The lowest BCUT2D eigenvalue weighted by Gasteiger charge is -2.39. The highest BCUT2D eigenvalue weighted by Crippen LogP contribution is 2.24. The fourth-order valence-corrected chi connectivity index (χ4v) is 4.15. The highest BCUT2D eigenvalue weighted by molar-refractivity contribution is 5.70. The number of nitrogens with zero attached hydrogens (tertiary/aromatic N) is 1. The molecule has 0 heterocycles. The van der Waals surface area contributed by atoms with Crippen LogP contribution in [0.25, 0.3) is 0 Å². The molecule has 2 atom stereocenters. The van der Waals surface area contributed by atoms with Gasteiger partial charge in [0.1, 0.15) is 6.04 Å². The van der Waals surface area contributed by atoms with Gasteiger partial charge in [-0.05, 0) is 12.8 Å². The Balaban J connectivity index is 3.68. The van der Waals surface area contributed by atoms with Crippen molar-refractivity contribution >= 4 is 5.97 Å². The lowest BCUT2D eigenvalue weighted by atomic mass is 9.89. The number of hydrogen-bond donors (Lipinski definition) is 0. The molecule has 0 aliphatic heterocycles. The molecule has 0 fully saturated rings. The van der Waals surface area contributed by atoms with E-state index in [1.165, 1.54) is 77.0 Å². The van der Waals surface area contributed by atoms with Gasteiger partial charge >= 0.3 is 0 Å². The molecule has 3 heteroatoms. The smallest absolute Gasteiger partial charge is 0.131 e. The second kappa shape index (κ2) is 15.5. The zero-order valence-electron chi connectivity index (χ0n) is 18.5. The normalized spacial score (nSPS) is 14.3. The maximum absolute atomic E-state index is 11.6. The van der Waals surface area contributed by atoms with Gasteiger partial charge in [0.05, 0.1) is 27.1 Å². The SMILES string of the molecule is CCCCCCCCCCCCCCCC(CC)C(C(=O)[O-])[N+](C)(C)C. The number of carboxylic acid groups (broad SMARTS) is 1. The standard InChI is InChI=1S/C23H47NO2/c1-6-8-9-10-11-12-13-14-15-16-17-18-19-20-21(7-2)22(23(25)26)24(3,4)5/h21-22H,6-20H2,1-5H3. The van der Waals surface area contributed by atoms with Gasteiger partial charge in [-0.25, -0.2) is 0 Å². The minimum atomic E-state index is -0.890. The zero-order valence-corrected chi connectivity index (χ0v) is 18.5. The molecule has 0 aromatic rings. The number of quaternary nitrogens is 1. The molecule has 3 nitrogen and oxygen atoms in total. The third-order valence-corrected chi connectivity index (χ3v) is 5.73.